The zero-order valence-electron chi connectivity index (χ0n) is 10.4. The van der Waals surface area contributed by atoms with Crippen LogP contribution in [0.4, 0.5) is 5.82 Å². The lowest BCUT2D eigenvalue weighted by atomic mass is 10.0. The van der Waals surface area contributed by atoms with Crippen LogP contribution < -0.4 is 4.90 Å². The summed E-state index contributed by atoms with van der Waals surface area (Å²) in [6.07, 6.45) is 5.29. The maximum atomic E-state index is 6.04. The van der Waals surface area contributed by atoms with Crippen LogP contribution in [0.1, 0.15) is 26.2 Å². The fourth-order valence-electron chi connectivity index (χ4n) is 2.68. The molecule has 0 amide bonds. The molecule has 0 spiro atoms. The van der Waals surface area contributed by atoms with Crippen molar-refractivity contribution in [3.8, 4) is 0 Å². The van der Waals surface area contributed by atoms with Crippen molar-refractivity contribution in [1.82, 2.24) is 19.6 Å². The van der Waals surface area contributed by atoms with Gasteiger partial charge in [-0.2, -0.15) is 19.6 Å². The molecule has 3 rings (SSSR count). The van der Waals surface area contributed by atoms with Crippen LogP contribution in [0.15, 0.2) is 12.4 Å². The van der Waals surface area contributed by atoms with Crippen LogP contribution in [0.5, 0.6) is 0 Å². The van der Waals surface area contributed by atoms with Crippen molar-refractivity contribution in [1.29, 1.82) is 0 Å². The van der Waals surface area contributed by atoms with Crippen molar-refractivity contribution in [3.05, 3.63) is 17.5 Å². The standard InChI is InChI=1S/C12H16ClN5/c1-2-3-9-4-5-17(7-9)11-6-10(13)16-12-14-8-15-18(11)12/h6,8-9H,2-5,7H2,1H3. The van der Waals surface area contributed by atoms with Gasteiger partial charge < -0.3 is 4.90 Å². The molecule has 1 fully saturated rings. The summed E-state index contributed by atoms with van der Waals surface area (Å²) in [6, 6.07) is 1.87. The van der Waals surface area contributed by atoms with Gasteiger partial charge in [0.2, 0.25) is 0 Å². The van der Waals surface area contributed by atoms with Crippen LogP contribution in [0, 0.1) is 5.92 Å². The van der Waals surface area contributed by atoms with Crippen LogP contribution in [0.25, 0.3) is 5.78 Å². The lowest BCUT2D eigenvalue weighted by molar-refractivity contribution is 0.529. The van der Waals surface area contributed by atoms with E-state index < -0.39 is 0 Å². The summed E-state index contributed by atoms with van der Waals surface area (Å²) in [7, 11) is 0. The average Bonchev–Trinajstić information content (AvgIpc) is 2.96. The van der Waals surface area contributed by atoms with E-state index in [1.165, 1.54) is 25.6 Å². The van der Waals surface area contributed by atoms with E-state index in [9.17, 15) is 0 Å². The molecule has 18 heavy (non-hydrogen) atoms. The Kier molecular flexibility index (Phi) is 3.07. The Bertz CT molecular complexity index is 552. The molecule has 1 atom stereocenters. The molecule has 0 bridgehead atoms. The number of hydrogen-bond donors (Lipinski definition) is 0. The van der Waals surface area contributed by atoms with Crippen LogP contribution in [0.2, 0.25) is 5.15 Å². The van der Waals surface area contributed by atoms with Gasteiger partial charge >= 0.3 is 0 Å². The summed E-state index contributed by atoms with van der Waals surface area (Å²) >= 11 is 6.04. The Hall–Kier alpha value is -1.36. The predicted octanol–water partition coefficient (Wildman–Crippen LogP) is 2.40. The summed E-state index contributed by atoms with van der Waals surface area (Å²) in [5.41, 5.74) is 0. The molecule has 0 aromatic carbocycles. The van der Waals surface area contributed by atoms with Gasteiger partial charge in [0, 0.05) is 19.2 Å². The highest BCUT2D eigenvalue weighted by atomic mass is 35.5. The molecule has 96 valence electrons. The Labute approximate surface area is 111 Å². The van der Waals surface area contributed by atoms with Crippen LogP contribution in [-0.4, -0.2) is 32.7 Å². The summed E-state index contributed by atoms with van der Waals surface area (Å²) in [5.74, 6) is 2.35. The number of rotatable bonds is 3. The van der Waals surface area contributed by atoms with E-state index in [4.69, 9.17) is 11.6 Å². The van der Waals surface area contributed by atoms with Gasteiger partial charge in [-0.15, -0.1) is 0 Å². The van der Waals surface area contributed by atoms with E-state index in [1.54, 1.807) is 4.52 Å². The third kappa shape index (κ3) is 2.03. The number of halogens is 1. The normalized spacial score (nSPS) is 19.9. The van der Waals surface area contributed by atoms with Crippen molar-refractivity contribution in [2.24, 2.45) is 5.92 Å². The second-order valence-electron chi connectivity index (χ2n) is 4.80. The predicted molar refractivity (Wildman–Crippen MR) is 71.0 cm³/mol. The summed E-state index contributed by atoms with van der Waals surface area (Å²) in [5, 5.41) is 4.69. The van der Waals surface area contributed by atoms with Crippen molar-refractivity contribution < 1.29 is 0 Å². The lowest BCUT2D eigenvalue weighted by Crippen LogP contribution is -2.22. The SMILES string of the molecule is CCCC1CCN(c2cc(Cl)nc3ncnn23)C1. The van der Waals surface area contributed by atoms with Crippen molar-refractivity contribution in [2.75, 3.05) is 18.0 Å². The first-order valence-corrected chi connectivity index (χ1v) is 6.77. The van der Waals surface area contributed by atoms with Gasteiger partial charge in [-0.05, 0) is 18.8 Å². The smallest absolute Gasteiger partial charge is 0.255 e. The number of hydrogen-bond acceptors (Lipinski definition) is 4. The number of anilines is 1. The number of aromatic nitrogens is 4. The molecule has 0 saturated carbocycles. The monoisotopic (exact) mass is 265 g/mol. The topological polar surface area (TPSA) is 46.3 Å². The minimum Gasteiger partial charge on any atom is -0.356 e. The molecule has 0 radical (unpaired) electrons. The van der Waals surface area contributed by atoms with Gasteiger partial charge in [0.25, 0.3) is 5.78 Å². The van der Waals surface area contributed by atoms with Gasteiger partial charge in [-0.1, -0.05) is 24.9 Å². The summed E-state index contributed by atoms with van der Waals surface area (Å²) < 4.78 is 1.76. The molecule has 1 saturated heterocycles. The highest BCUT2D eigenvalue weighted by molar-refractivity contribution is 6.29. The molecule has 0 aliphatic carbocycles. The molecular formula is C12H16ClN5. The van der Waals surface area contributed by atoms with E-state index in [-0.39, 0.29) is 0 Å². The summed E-state index contributed by atoms with van der Waals surface area (Å²) in [4.78, 5) is 10.6. The average molecular weight is 266 g/mol. The molecule has 5 nitrogen and oxygen atoms in total. The van der Waals surface area contributed by atoms with Gasteiger partial charge in [0.1, 0.15) is 17.3 Å². The van der Waals surface area contributed by atoms with Crippen LogP contribution in [0.3, 0.4) is 0 Å². The third-order valence-corrected chi connectivity index (χ3v) is 3.70. The Morgan fingerprint density at radius 3 is 3.22 bits per heavy atom. The van der Waals surface area contributed by atoms with E-state index in [2.05, 4.69) is 26.9 Å². The Balaban J connectivity index is 1.92. The van der Waals surface area contributed by atoms with Gasteiger partial charge in [-0.3, -0.25) is 0 Å². The zero-order chi connectivity index (χ0) is 12.5. The van der Waals surface area contributed by atoms with Crippen molar-refractivity contribution >= 4 is 23.2 Å². The molecule has 1 unspecified atom stereocenters. The van der Waals surface area contributed by atoms with E-state index >= 15 is 0 Å². The van der Waals surface area contributed by atoms with Gasteiger partial charge in [-0.25, -0.2) is 0 Å². The first kappa shape index (κ1) is 11.7. The molecule has 3 heterocycles. The van der Waals surface area contributed by atoms with Crippen molar-refractivity contribution in [2.45, 2.75) is 26.2 Å². The first-order chi connectivity index (χ1) is 8.78. The molecule has 2 aromatic heterocycles. The Morgan fingerprint density at radius 1 is 1.50 bits per heavy atom. The molecule has 1 aliphatic heterocycles. The fourth-order valence-corrected chi connectivity index (χ4v) is 2.85. The van der Waals surface area contributed by atoms with Crippen LogP contribution in [-0.2, 0) is 0 Å². The largest absolute Gasteiger partial charge is 0.356 e. The van der Waals surface area contributed by atoms with Gasteiger partial charge in [0.05, 0.1) is 0 Å². The molecule has 6 heteroatoms. The molecule has 0 N–H and O–H groups in total. The zero-order valence-corrected chi connectivity index (χ0v) is 11.1. The van der Waals surface area contributed by atoms with E-state index in [0.717, 1.165) is 24.8 Å². The number of nitrogens with zero attached hydrogens (tertiary/aromatic N) is 5. The Morgan fingerprint density at radius 2 is 2.39 bits per heavy atom. The summed E-state index contributed by atoms with van der Waals surface area (Å²) in [6.45, 7) is 4.37. The maximum Gasteiger partial charge on any atom is 0.255 e. The number of fused-ring (bicyclic) bond motifs is 1. The van der Waals surface area contributed by atoms with E-state index in [0.29, 0.717) is 10.9 Å². The lowest BCUT2D eigenvalue weighted by Gasteiger charge is -2.19. The van der Waals surface area contributed by atoms with Gasteiger partial charge in [0.15, 0.2) is 0 Å². The second kappa shape index (κ2) is 4.72. The molecular weight excluding hydrogens is 250 g/mol. The van der Waals surface area contributed by atoms with E-state index in [1.807, 2.05) is 6.07 Å². The maximum absolute atomic E-state index is 6.04. The highest BCUT2D eigenvalue weighted by Gasteiger charge is 2.24. The van der Waals surface area contributed by atoms with Crippen LogP contribution >= 0.6 is 11.6 Å². The minimum atomic E-state index is 0.476. The quantitative estimate of drug-likeness (QED) is 0.800. The first-order valence-electron chi connectivity index (χ1n) is 6.39. The minimum absolute atomic E-state index is 0.476. The molecule has 2 aromatic rings. The highest BCUT2D eigenvalue weighted by Crippen LogP contribution is 2.27. The fraction of sp³-hybridized carbons (Fsp3) is 0.583. The third-order valence-electron chi connectivity index (χ3n) is 3.51. The second-order valence-corrected chi connectivity index (χ2v) is 5.19. The van der Waals surface area contributed by atoms with Crippen molar-refractivity contribution in [3.63, 3.8) is 0 Å². The molecule has 1 aliphatic rings.